The molecule has 0 atom stereocenters. The van der Waals surface area contributed by atoms with E-state index in [4.69, 9.17) is 0 Å². The molecule has 1 rings (SSSR count). The number of nitrogens with zero attached hydrogens (tertiary/aromatic N) is 2. The molecule has 0 aromatic rings. The molecule has 266 valence electrons. The summed E-state index contributed by atoms with van der Waals surface area (Å²) < 4.78 is 0. The molecule has 1 saturated heterocycles. The van der Waals surface area contributed by atoms with Gasteiger partial charge in [-0.1, -0.05) is 107 Å². The fraction of sp³-hybridized carbons (Fsp3) is 0.651. The molecule has 0 saturated carbocycles. The van der Waals surface area contributed by atoms with E-state index in [1.807, 2.05) is 32.6 Å². The molecule has 0 N–H and O–H groups in total. The maximum Gasteiger partial charge on any atom is 0.249 e. The molecule has 1 heterocycles. The van der Waals surface area contributed by atoms with Crippen LogP contribution in [0, 0.1) is 42.4 Å². The fourth-order valence-corrected chi connectivity index (χ4v) is 3.93. The smallest absolute Gasteiger partial charge is 0.249 e. The molecule has 0 radical (unpaired) electrons. The molecule has 3 nitrogen and oxygen atoms in total. The lowest BCUT2D eigenvalue weighted by molar-refractivity contribution is -0.128. The number of allylic oxidation sites excluding steroid dienone is 7. The maximum atomic E-state index is 12.9. The highest BCUT2D eigenvalue weighted by molar-refractivity contribution is 5.93. The van der Waals surface area contributed by atoms with Crippen LogP contribution < -0.4 is 0 Å². The summed E-state index contributed by atoms with van der Waals surface area (Å²) in [6.07, 6.45) is 19.3. The van der Waals surface area contributed by atoms with Crippen molar-refractivity contribution in [2.75, 3.05) is 33.2 Å². The van der Waals surface area contributed by atoms with Gasteiger partial charge < -0.3 is 9.80 Å². The largest absolute Gasteiger partial charge is 0.336 e. The Bertz CT molecular complexity index is 934. The van der Waals surface area contributed by atoms with Gasteiger partial charge >= 0.3 is 0 Å². The van der Waals surface area contributed by atoms with Gasteiger partial charge in [-0.05, 0) is 88.5 Å². The lowest BCUT2D eigenvalue weighted by Crippen LogP contribution is -2.47. The van der Waals surface area contributed by atoms with Gasteiger partial charge in [0.2, 0.25) is 5.91 Å². The summed E-state index contributed by atoms with van der Waals surface area (Å²) >= 11 is 0. The van der Waals surface area contributed by atoms with Crippen LogP contribution in [0.15, 0.2) is 59.3 Å². The van der Waals surface area contributed by atoms with Gasteiger partial charge in [-0.3, -0.25) is 4.79 Å². The van der Waals surface area contributed by atoms with Crippen LogP contribution in [-0.2, 0) is 4.79 Å². The Morgan fingerprint density at radius 2 is 1.26 bits per heavy atom. The molecule has 0 spiro atoms. The van der Waals surface area contributed by atoms with Crippen molar-refractivity contribution in [3.05, 3.63) is 59.3 Å². The predicted molar refractivity (Wildman–Crippen MR) is 213 cm³/mol. The van der Waals surface area contributed by atoms with E-state index in [-0.39, 0.29) is 5.91 Å². The Morgan fingerprint density at radius 1 is 0.826 bits per heavy atom. The zero-order chi connectivity index (χ0) is 37.3. The van der Waals surface area contributed by atoms with Crippen LogP contribution in [-0.4, -0.2) is 48.9 Å². The molecular weight excluding hydrogens is 560 g/mol. The number of carbonyl (C=O) groups is 1. The molecule has 46 heavy (non-hydrogen) atoms. The van der Waals surface area contributed by atoms with Crippen molar-refractivity contribution in [2.45, 2.75) is 136 Å². The van der Waals surface area contributed by atoms with Crippen molar-refractivity contribution in [1.29, 1.82) is 0 Å². The van der Waals surface area contributed by atoms with Gasteiger partial charge in [0.1, 0.15) is 0 Å². The third kappa shape index (κ3) is 35.7. The first kappa shape index (κ1) is 52.8. The second kappa shape index (κ2) is 36.7. The molecule has 1 aliphatic heterocycles. The number of rotatable bonds is 9. The van der Waals surface area contributed by atoms with Gasteiger partial charge in [-0.15, -0.1) is 31.3 Å². The summed E-state index contributed by atoms with van der Waals surface area (Å²) in [7, 11) is 2.11. The Morgan fingerprint density at radius 3 is 1.63 bits per heavy atom. The summed E-state index contributed by atoms with van der Waals surface area (Å²) in [5, 5.41) is 0. The van der Waals surface area contributed by atoms with Crippen molar-refractivity contribution in [3.63, 3.8) is 0 Å². The van der Waals surface area contributed by atoms with E-state index < -0.39 is 0 Å². The van der Waals surface area contributed by atoms with Gasteiger partial charge in [-0.25, -0.2) is 0 Å². The van der Waals surface area contributed by atoms with Crippen LogP contribution in [0.5, 0.6) is 0 Å². The number of hydrogen-bond donors (Lipinski definition) is 0. The molecule has 3 heteroatoms. The van der Waals surface area contributed by atoms with Crippen molar-refractivity contribution in [2.24, 2.45) is 17.8 Å². The minimum absolute atomic E-state index is 0.174. The first-order valence-electron chi connectivity index (χ1n) is 17.7. The average molecular weight is 639 g/mol. The SMILES string of the molecule is C#C.C=C(/C=C(C)/C(C)=C(/C=C(\C)C(=O)N1CCN(C)CC1)CC(C)C)CC(C)C.C=CC.CC.CC(C)C.CCC#CCCC. The lowest BCUT2D eigenvalue weighted by Gasteiger charge is -2.32. The van der Waals surface area contributed by atoms with Gasteiger partial charge in [-0.2, -0.15) is 0 Å². The summed E-state index contributed by atoms with van der Waals surface area (Å²) in [6, 6.07) is 0. The third-order valence-electron chi connectivity index (χ3n) is 5.99. The maximum absolute atomic E-state index is 12.9. The number of piperazine rings is 1. The van der Waals surface area contributed by atoms with Crippen molar-refractivity contribution >= 4 is 5.91 Å². The first-order chi connectivity index (χ1) is 21.6. The average Bonchev–Trinajstić information content (AvgIpc) is 2.98. The van der Waals surface area contributed by atoms with E-state index in [0.29, 0.717) is 11.8 Å². The quantitative estimate of drug-likeness (QED) is 0.109. The number of likely N-dealkylation sites (N-methyl/N-ethyl adjacent to an activating group) is 1. The minimum atomic E-state index is 0.174. The Kier molecular flexibility index (Phi) is 42.1. The van der Waals surface area contributed by atoms with E-state index >= 15 is 0 Å². The molecule has 0 bridgehead atoms. The summed E-state index contributed by atoms with van der Waals surface area (Å²) in [5.74, 6) is 8.19. The molecule has 0 aromatic heterocycles. The molecular formula is C43H78N2O. The van der Waals surface area contributed by atoms with E-state index in [1.165, 1.54) is 28.7 Å². The van der Waals surface area contributed by atoms with Crippen LogP contribution in [0.25, 0.3) is 0 Å². The number of hydrogen-bond acceptors (Lipinski definition) is 2. The standard InChI is InChI=1S/C25H42N2O.C7H12.C4H10.C3H6.C2H6.C2H2/c1-18(2)14-20(5)16-21(6)23(8)24(15-19(3)4)17-22(7)25(28)27-12-10-26(9)11-13-27;1-3-5-7-6-4-2;1-4(2)3;1-3-2;2*1-2/h16-19H,5,10-15H2,1-4,6-9H3;3-5H2,1-2H3;4H,1-3H3;3H,1H2,2H3;1-2H3;1-2H/b21-16+,22-17+,24-23+;;;;;. The van der Waals surface area contributed by atoms with Crippen LogP contribution in [0.2, 0.25) is 0 Å². The molecule has 1 aliphatic rings. The van der Waals surface area contributed by atoms with E-state index in [9.17, 15) is 4.79 Å². The lowest BCUT2D eigenvalue weighted by atomic mass is 9.92. The Hall–Kier alpha value is -2.75. The van der Waals surface area contributed by atoms with Gasteiger partial charge in [0, 0.05) is 44.6 Å². The summed E-state index contributed by atoms with van der Waals surface area (Å²) in [5.41, 5.74) is 5.79. The van der Waals surface area contributed by atoms with Gasteiger partial charge in [0.15, 0.2) is 0 Å². The molecule has 0 aromatic carbocycles. The topological polar surface area (TPSA) is 23.6 Å². The van der Waals surface area contributed by atoms with Gasteiger partial charge in [0.25, 0.3) is 0 Å². The Balaban J connectivity index is -0.000000256. The minimum Gasteiger partial charge on any atom is -0.336 e. The predicted octanol–water partition coefficient (Wildman–Crippen LogP) is 11.9. The number of amides is 1. The first-order valence-corrected chi connectivity index (χ1v) is 17.7. The number of terminal acetylenes is 1. The monoisotopic (exact) mass is 639 g/mol. The molecule has 0 unspecified atom stereocenters. The summed E-state index contributed by atoms with van der Waals surface area (Å²) in [6.45, 7) is 42.9. The zero-order valence-corrected chi connectivity index (χ0v) is 33.7. The van der Waals surface area contributed by atoms with Crippen LogP contribution in [0.4, 0.5) is 0 Å². The highest BCUT2D eigenvalue weighted by Gasteiger charge is 2.20. The van der Waals surface area contributed by atoms with E-state index in [2.05, 4.69) is 138 Å². The second-order valence-corrected chi connectivity index (χ2v) is 12.9. The number of unbranched alkanes of at least 4 members (excludes halogenated alkanes) is 1. The molecule has 1 fully saturated rings. The molecule has 1 amide bonds. The summed E-state index contributed by atoms with van der Waals surface area (Å²) in [4.78, 5) is 17.2. The number of carbonyl (C=O) groups excluding carboxylic acids is 1. The van der Waals surface area contributed by atoms with Gasteiger partial charge in [0.05, 0.1) is 0 Å². The van der Waals surface area contributed by atoms with Crippen LogP contribution in [0.1, 0.15) is 136 Å². The van der Waals surface area contributed by atoms with Crippen LogP contribution >= 0.6 is 0 Å². The van der Waals surface area contributed by atoms with Crippen LogP contribution in [0.3, 0.4) is 0 Å². The normalized spacial score (nSPS) is 13.3. The van der Waals surface area contributed by atoms with Crippen molar-refractivity contribution in [3.8, 4) is 24.7 Å². The fourth-order valence-electron chi connectivity index (χ4n) is 3.93. The highest BCUT2D eigenvalue weighted by Crippen LogP contribution is 2.25. The zero-order valence-electron chi connectivity index (χ0n) is 33.7. The van der Waals surface area contributed by atoms with E-state index in [1.54, 1.807) is 6.08 Å². The second-order valence-electron chi connectivity index (χ2n) is 12.9. The highest BCUT2D eigenvalue weighted by atomic mass is 16.2. The van der Waals surface area contributed by atoms with E-state index in [0.717, 1.165) is 63.4 Å². The third-order valence-corrected chi connectivity index (χ3v) is 5.99. The van der Waals surface area contributed by atoms with Crippen molar-refractivity contribution in [1.82, 2.24) is 9.80 Å². The van der Waals surface area contributed by atoms with Crippen molar-refractivity contribution < 1.29 is 4.79 Å². The Labute approximate surface area is 290 Å². The molecule has 0 aliphatic carbocycles.